The Balaban J connectivity index is 2.49. The second-order valence-electron chi connectivity index (χ2n) is 3.64. The van der Waals surface area contributed by atoms with Gasteiger partial charge in [-0.1, -0.05) is 17.7 Å². The predicted molar refractivity (Wildman–Crippen MR) is 64.8 cm³/mol. The molecule has 0 radical (unpaired) electrons. The maximum absolute atomic E-state index is 13.7. The number of nitrogens with one attached hydrogen (secondary N) is 1. The van der Waals surface area contributed by atoms with Gasteiger partial charge in [0.2, 0.25) is 0 Å². The van der Waals surface area contributed by atoms with E-state index < -0.39 is 17.7 Å². The van der Waals surface area contributed by atoms with Crippen LogP contribution in [0.3, 0.4) is 0 Å². The Bertz CT molecular complexity index is 563. The zero-order valence-electron chi connectivity index (χ0n) is 9.20. The predicted octanol–water partition coefficient (Wildman–Crippen LogP) is 2.57. The van der Waals surface area contributed by atoms with Crippen LogP contribution in [-0.2, 0) is 0 Å². The van der Waals surface area contributed by atoms with Crippen LogP contribution in [0, 0.1) is 11.6 Å². The van der Waals surface area contributed by atoms with E-state index in [1.807, 2.05) is 0 Å². The van der Waals surface area contributed by atoms with Gasteiger partial charge in [0, 0.05) is 17.8 Å². The molecular weight excluding hydrogens is 260 g/mol. The van der Waals surface area contributed by atoms with Crippen LogP contribution in [0.2, 0.25) is 5.02 Å². The first-order valence-electron chi connectivity index (χ1n) is 5.15. The molecule has 1 atom stereocenters. The molecule has 94 valence electrons. The van der Waals surface area contributed by atoms with E-state index in [9.17, 15) is 8.78 Å². The van der Waals surface area contributed by atoms with Gasteiger partial charge in [0.1, 0.15) is 11.6 Å². The van der Waals surface area contributed by atoms with Crippen LogP contribution in [0.25, 0.3) is 0 Å². The van der Waals surface area contributed by atoms with Gasteiger partial charge < -0.3 is 0 Å². The van der Waals surface area contributed by atoms with E-state index in [1.54, 1.807) is 12.1 Å². The largest absolute Gasteiger partial charge is 0.271 e. The average Bonchev–Trinajstić information content (AvgIpc) is 2.34. The van der Waals surface area contributed by atoms with Gasteiger partial charge in [0.25, 0.3) is 0 Å². The molecule has 3 N–H and O–H groups in total. The lowest BCUT2D eigenvalue weighted by atomic mass is 10.0. The molecule has 18 heavy (non-hydrogen) atoms. The van der Waals surface area contributed by atoms with Crippen molar-refractivity contribution in [2.45, 2.75) is 6.04 Å². The van der Waals surface area contributed by atoms with Gasteiger partial charge in [-0.2, -0.15) is 0 Å². The highest BCUT2D eigenvalue weighted by atomic mass is 35.5. The lowest BCUT2D eigenvalue weighted by Crippen LogP contribution is -2.30. The fourth-order valence-electron chi connectivity index (χ4n) is 1.66. The summed E-state index contributed by atoms with van der Waals surface area (Å²) in [6.07, 6.45) is 1.52. The van der Waals surface area contributed by atoms with Gasteiger partial charge in [-0.05, 0) is 18.2 Å². The maximum Gasteiger partial charge on any atom is 0.131 e. The van der Waals surface area contributed by atoms with Crippen molar-refractivity contribution >= 4 is 11.6 Å². The van der Waals surface area contributed by atoms with E-state index in [2.05, 4.69) is 10.4 Å². The first-order valence-corrected chi connectivity index (χ1v) is 5.52. The zero-order chi connectivity index (χ0) is 13.1. The molecule has 0 aliphatic rings. The van der Waals surface area contributed by atoms with Crippen molar-refractivity contribution in [3.8, 4) is 0 Å². The topological polar surface area (TPSA) is 50.9 Å². The molecule has 0 saturated carbocycles. The minimum atomic E-state index is -0.737. The second kappa shape index (κ2) is 5.39. The van der Waals surface area contributed by atoms with Crippen LogP contribution in [0.15, 0.2) is 36.5 Å². The molecule has 0 aliphatic carbocycles. The number of nitrogens with zero attached hydrogens (tertiary/aromatic N) is 1. The molecule has 2 rings (SSSR count). The smallest absolute Gasteiger partial charge is 0.131 e. The molecule has 0 spiro atoms. The van der Waals surface area contributed by atoms with Crippen LogP contribution in [0.4, 0.5) is 8.78 Å². The van der Waals surface area contributed by atoms with Crippen molar-refractivity contribution in [3.63, 3.8) is 0 Å². The summed E-state index contributed by atoms with van der Waals surface area (Å²) in [5.74, 6) is 4.04. The van der Waals surface area contributed by atoms with Crippen LogP contribution in [-0.4, -0.2) is 4.98 Å². The average molecular weight is 270 g/mol. The Hall–Kier alpha value is -1.56. The van der Waals surface area contributed by atoms with Gasteiger partial charge in [0.15, 0.2) is 0 Å². The zero-order valence-corrected chi connectivity index (χ0v) is 9.96. The van der Waals surface area contributed by atoms with E-state index in [1.165, 1.54) is 12.3 Å². The molecule has 3 nitrogen and oxygen atoms in total. The van der Waals surface area contributed by atoms with E-state index in [0.29, 0.717) is 10.7 Å². The van der Waals surface area contributed by atoms with Gasteiger partial charge in [-0.15, -0.1) is 0 Å². The number of benzene rings is 1. The van der Waals surface area contributed by atoms with Gasteiger partial charge in [0.05, 0.1) is 16.8 Å². The van der Waals surface area contributed by atoms with Crippen molar-refractivity contribution in [2.24, 2.45) is 5.84 Å². The molecular formula is C12H10ClF2N3. The first-order chi connectivity index (χ1) is 8.63. The summed E-state index contributed by atoms with van der Waals surface area (Å²) in [4.78, 5) is 4.05. The Labute approximate surface area is 108 Å². The molecule has 0 aliphatic heterocycles. The maximum atomic E-state index is 13.7. The fraction of sp³-hybridized carbons (Fsp3) is 0.0833. The number of pyridine rings is 1. The molecule has 0 bridgehead atoms. The third-order valence-electron chi connectivity index (χ3n) is 2.50. The van der Waals surface area contributed by atoms with Crippen molar-refractivity contribution in [2.75, 3.05) is 0 Å². The third-order valence-corrected chi connectivity index (χ3v) is 2.82. The summed E-state index contributed by atoms with van der Waals surface area (Å²) in [6, 6.07) is 5.78. The quantitative estimate of drug-likeness (QED) is 0.665. The molecule has 1 aromatic carbocycles. The minimum absolute atomic E-state index is 0.180. The Kier molecular flexibility index (Phi) is 3.86. The summed E-state index contributed by atoms with van der Waals surface area (Å²) in [5, 5.41) is 0.351. The summed E-state index contributed by atoms with van der Waals surface area (Å²) < 4.78 is 26.6. The number of aromatic nitrogens is 1. The van der Waals surface area contributed by atoms with Gasteiger partial charge >= 0.3 is 0 Å². The lowest BCUT2D eigenvalue weighted by Gasteiger charge is -2.17. The van der Waals surface area contributed by atoms with Crippen LogP contribution in [0.1, 0.15) is 17.3 Å². The van der Waals surface area contributed by atoms with E-state index in [-0.39, 0.29) is 5.56 Å². The van der Waals surface area contributed by atoms with Gasteiger partial charge in [-0.25, -0.2) is 14.2 Å². The van der Waals surface area contributed by atoms with E-state index >= 15 is 0 Å². The fourth-order valence-corrected chi connectivity index (χ4v) is 1.89. The standard InChI is InChI=1S/C12H10ClF2N3/c13-9-2-1-5-17-12(9)11(18-16)8-4-3-7(14)6-10(8)15/h1-6,11,18H,16H2. The van der Waals surface area contributed by atoms with Crippen molar-refractivity contribution in [3.05, 3.63) is 64.4 Å². The number of rotatable bonds is 3. The first kappa shape index (κ1) is 12.9. The van der Waals surface area contributed by atoms with Crippen LogP contribution < -0.4 is 11.3 Å². The second-order valence-corrected chi connectivity index (χ2v) is 4.04. The number of nitrogens with two attached hydrogens (primary N) is 1. The SMILES string of the molecule is NNC(c1ccc(F)cc1F)c1ncccc1Cl. The Morgan fingerprint density at radius 1 is 1.28 bits per heavy atom. The van der Waals surface area contributed by atoms with Crippen molar-refractivity contribution < 1.29 is 8.78 Å². The normalized spacial score (nSPS) is 12.4. The van der Waals surface area contributed by atoms with Crippen LogP contribution >= 0.6 is 11.6 Å². The monoisotopic (exact) mass is 269 g/mol. The molecule has 0 amide bonds. The molecule has 0 saturated heterocycles. The summed E-state index contributed by atoms with van der Waals surface area (Å²) in [7, 11) is 0. The van der Waals surface area contributed by atoms with Crippen LogP contribution in [0.5, 0.6) is 0 Å². The Morgan fingerprint density at radius 2 is 2.06 bits per heavy atom. The highest BCUT2D eigenvalue weighted by Crippen LogP contribution is 2.27. The lowest BCUT2D eigenvalue weighted by molar-refractivity contribution is 0.536. The van der Waals surface area contributed by atoms with Gasteiger partial charge in [-0.3, -0.25) is 10.8 Å². The summed E-state index contributed by atoms with van der Waals surface area (Å²) in [5.41, 5.74) is 2.99. The molecule has 0 fully saturated rings. The summed E-state index contributed by atoms with van der Waals surface area (Å²) >= 11 is 5.98. The van der Waals surface area contributed by atoms with Crippen molar-refractivity contribution in [1.29, 1.82) is 0 Å². The highest BCUT2D eigenvalue weighted by Gasteiger charge is 2.20. The molecule has 2 aromatic rings. The van der Waals surface area contributed by atoms with E-state index in [4.69, 9.17) is 17.4 Å². The third kappa shape index (κ3) is 2.48. The molecule has 1 heterocycles. The Morgan fingerprint density at radius 3 is 2.67 bits per heavy atom. The molecule has 1 unspecified atom stereocenters. The number of halogens is 3. The molecule has 1 aromatic heterocycles. The number of hydrogen-bond donors (Lipinski definition) is 2. The number of hydrazine groups is 1. The van der Waals surface area contributed by atoms with E-state index in [0.717, 1.165) is 12.1 Å². The minimum Gasteiger partial charge on any atom is -0.271 e. The summed E-state index contributed by atoms with van der Waals surface area (Å²) in [6.45, 7) is 0. The number of hydrogen-bond acceptors (Lipinski definition) is 3. The molecule has 6 heteroatoms. The highest BCUT2D eigenvalue weighted by molar-refractivity contribution is 6.31. The van der Waals surface area contributed by atoms with Crippen molar-refractivity contribution in [1.82, 2.24) is 10.4 Å².